The summed E-state index contributed by atoms with van der Waals surface area (Å²) in [6.07, 6.45) is 1.29. The molecule has 1 aromatic heterocycles. The number of rotatable bonds is 2. The largest absolute Gasteiger partial charge is 0.465 e. The molecule has 4 heteroatoms. The Balaban J connectivity index is 2.01. The molecule has 2 heterocycles. The Hall–Kier alpha value is -2.25. The molecular weight excluding hydrogens is 228 g/mol. The van der Waals surface area contributed by atoms with E-state index in [1.54, 1.807) is 6.26 Å². The third-order valence-electron chi connectivity index (χ3n) is 3.01. The van der Waals surface area contributed by atoms with Crippen molar-refractivity contribution in [1.82, 2.24) is 0 Å². The minimum atomic E-state index is -0.324. The van der Waals surface area contributed by atoms with E-state index in [1.165, 1.54) is 0 Å². The van der Waals surface area contributed by atoms with Crippen LogP contribution in [-0.2, 0) is 11.3 Å². The summed E-state index contributed by atoms with van der Waals surface area (Å²) in [6, 6.07) is 13.8. The molecule has 0 radical (unpaired) electrons. The van der Waals surface area contributed by atoms with E-state index in [1.807, 2.05) is 41.3 Å². The lowest BCUT2D eigenvalue weighted by atomic mass is 10.1. The van der Waals surface area contributed by atoms with E-state index >= 15 is 0 Å². The van der Waals surface area contributed by atoms with Gasteiger partial charge in [-0.15, -0.1) is 0 Å². The molecule has 0 amide bonds. The second-order valence-electron chi connectivity index (χ2n) is 4.09. The van der Waals surface area contributed by atoms with Gasteiger partial charge < -0.3 is 14.1 Å². The first-order chi connectivity index (χ1) is 8.90. The van der Waals surface area contributed by atoms with Gasteiger partial charge in [-0.05, 0) is 18.2 Å². The van der Waals surface area contributed by atoms with Crippen molar-refractivity contribution in [3.05, 3.63) is 54.0 Å². The number of hydrogen-bond donors (Lipinski definition) is 0. The normalized spacial score (nSPS) is 18.2. The SMILES string of the molecule is N#CCN1c2ccccc2COC1c1ccco1. The number of nitriles is 1. The molecule has 0 spiro atoms. The molecule has 18 heavy (non-hydrogen) atoms. The number of nitrogens with zero attached hydrogens (tertiary/aromatic N) is 2. The van der Waals surface area contributed by atoms with Crippen molar-refractivity contribution >= 4 is 5.69 Å². The third-order valence-corrected chi connectivity index (χ3v) is 3.01. The number of para-hydroxylation sites is 1. The van der Waals surface area contributed by atoms with Crippen LogP contribution in [0.25, 0.3) is 0 Å². The van der Waals surface area contributed by atoms with Crippen LogP contribution < -0.4 is 4.90 Å². The average Bonchev–Trinajstić information content (AvgIpc) is 2.93. The lowest BCUT2D eigenvalue weighted by molar-refractivity contribution is 0.0149. The van der Waals surface area contributed by atoms with Crippen LogP contribution in [0.2, 0.25) is 0 Å². The molecule has 4 nitrogen and oxygen atoms in total. The predicted molar refractivity (Wildman–Crippen MR) is 65.6 cm³/mol. The fourth-order valence-electron chi connectivity index (χ4n) is 2.21. The Morgan fingerprint density at radius 3 is 2.94 bits per heavy atom. The Labute approximate surface area is 105 Å². The number of anilines is 1. The van der Waals surface area contributed by atoms with Crippen molar-refractivity contribution in [3.8, 4) is 6.07 Å². The van der Waals surface area contributed by atoms with E-state index in [0.29, 0.717) is 6.61 Å². The number of furan rings is 1. The highest BCUT2D eigenvalue weighted by Gasteiger charge is 2.29. The molecule has 0 N–H and O–H groups in total. The molecule has 1 atom stereocenters. The molecular formula is C14H12N2O2. The third kappa shape index (κ3) is 1.75. The Kier molecular flexibility index (Phi) is 2.75. The molecule has 3 rings (SSSR count). The highest BCUT2D eigenvalue weighted by molar-refractivity contribution is 5.56. The van der Waals surface area contributed by atoms with Gasteiger partial charge in [0, 0.05) is 11.3 Å². The lowest BCUT2D eigenvalue weighted by Gasteiger charge is -2.35. The summed E-state index contributed by atoms with van der Waals surface area (Å²) in [4.78, 5) is 1.91. The highest BCUT2D eigenvalue weighted by Crippen LogP contribution is 2.36. The van der Waals surface area contributed by atoms with Crippen LogP contribution >= 0.6 is 0 Å². The van der Waals surface area contributed by atoms with Crippen LogP contribution in [0.4, 0.5) is 5.69 Å². The summed E-state index contributed by atoms with van der Waals surface area (Å²) in [6.45, 7) is 0.797. The second kappa shape index (κ2) is 4.55. The molecule has 1 aliphatic heterocycles. The van der Waals surface area contributed by atoms with E-state index in [-0.39, 0.29) is 12.8 Å². The van der Waals surface area contributed by atoms with Gasteiger partial charge in [0.05, 0.1) is 18.9 Å². The van der Waals surface area contributed by atoms with Gasteiger partial charge in [0.25, 0.3) is 0 Å². The fraction of sp³-hybridized carbons (Fsp3) is 0.214. The molecule has 90 valence electrons. The minimum absolute atomic E-state index is 0.266. The quantitative estimate of drug-likeness (QED) is 0.757. The van der Waals surface area contributed by atoms with Crippen molar-refractivity contribution in [1.29, 1.82) is 5.26 Å². The van der Waals surface area contributed by atoms with Crippen LogP contribution in [0.15, 0.2) is 47.1 Å². The summed E-state index contributed by atoms with van der Waals surface area (Å²) in [5.74, 6) is 0.722. The zero-order chi connectivity index (χ0) is 12.4. The number of fused-ring (bicyclic) bond motifs is 1. The summed E-state index contributed by atoms with van der Waals surface area (Å²) >= 11 is 0. The van der Waals surface area contributed by atoms with E-state index in [4.69, 9.17) is 14.4 Å². The molecule has 1 aromatic carbocycles. The number of benzene rings is 1. The second-order valence-corrected chi connectivity index (χ2v) is 4.09. The monoisotopic (exact) mass is 240 g/mol. The predicted octanol–water partition coefficient (Wildman–Crippen LogP) is 2.84. The molecule has 0 bridgehead atoms. The van der Waals surface area contributed by atoms with Gasteiger partial charge in [-0.2, -0.15) is 5.26 Å². The molecule has 1 aliphatic rings. The van der Waals surface area contributed by atoms with Crippen molar-refractivity contribution in [2.45, 2.75) is 12.8 Å². The van der Waals surface area contributed by atoms with Gasteiger partial charge in [0.15, 0.2) is 12.0 Å². The molecule has 2 aromatic rings. The molecule has 0 aliphatic carbocycles. The maximum absolute atomic E-state index is 8.98. The van der Waals surface area contributed by atoms with Crippen molar-refractivity contribution < 1.29 is 9.15 Å². The van der Waals surface area contributed by atoms with Crippen molar-refractivity contribution in [2.24, 2.45) is 0 Å². The molecule has 0 fully saturated rings. The zero-order valence-electron chi connectivity index (χ0n) is 9.74. The maximum Gasteiger partial charge on any atom is 0.190 e. The van der Waals surface area contributed by atoms with E-state index in [2.05, 4.69) is 6.07 Å². The van der Waals surface area contributed by atoms with Gasteiger partial charge >= 0.3 is 0 Å². The number of ether oxygens (including phenoxy) is 1. The van der Waals surface area contributed by atoms with Crippen LogP contribution in [0, 0.1) is 11.3 Å². The van der Waals surface area contributed by atoms with Gasteiger partial charge in [0.2, 0.25) is 0 Å². The Morgan fingerprint density at radius 2 is 2.17 bits per heavy atom. The molecule has 0 saturated heterocycles. The van der Waals surface area contributed by atoms with Gasteiger partial charge in [-0.25, -0.2) is 0 Å². The fourth-order valence-corrected chi connectivity index (χ4v) is 2.21. The van der Waals surface area contributed by atoms with Gasteiger partial charge in [-0.1, -0.05) is 18.2 Å². The standard InChI is InChI=1S/C14H12N2O2/c15-7-8-16-12-5-2-1-4-11(12)10-18-14(16)13-6-3-9-17-13/h1-6,9,14H,8,10H2. The summed E-state index contributed by atoms with van der Waals surface area (Å²) in [5, 5.41) is 8.98. The Morgan fingerprint density at radius 1 is 1.28 bits per heavy atom. The van der Waals surface area contributed by atoms with Crippen LogP contribution in [0.1, 0.15) is 17.6 Å². The van der Waals surface area contributed by atoms with E-state index < -0.39 is 0 Å². The zero-order valence-corrected chi connectivity index (χ0v) is 9.74. The first-order valence-corrected chi connectivity index (χ1v) is 5.76. The van der Waals surface area contributed by atoms with Crippen LogP contribution in [-0.4, -0.2) is 6.54 Å². The lowest BCUT2D eigenvalue weighted by Crippen LogP contribution is -2.34. The average molecular weight is 240 g/mol. The maximum atomic E-state index is 8.98. The van der Waals surface area contributed by atoms with Gasteiger partial charge in [-0.3, -0.25) is 0 Å². The topological polar surface area (TPSA) is 49.4 Å². The summed E-state index contributed by atoms with van der Waals surface area (Å²) in [5.41, 5.74) is 2.13. The molecule has 1 unspecified atom stereocenters. The van der Waals surface area contributed by atoms with Gasteiger partial charge in [0.1, 0.15) is 6.54 Å². The van der Waals surface area contributed by atoms with E-state index in [0.717, 1.165) is 17.0 Å². The van der Waals surface area contributed by atoms with Crippen LogP contribution in [0.5, 0.6) is 0 Å². The van der Waals surface area contributed by atoms with E-state index in [9.17, 15) is 0 Å². The first kappa shape index (κ1) is 10.9. The van der Waals surface area contributed by atoms with Crippen molar-refractivity contribution in [3.63, 3.8) is 0 Å². The Bertz CT molecular complexity index is 572. The van der Waals surface area contributed by atoms with Crippen molar-refractivity contribution in [2.75, 3.05) is 11.4 Å². The van der Waals surface area contributed by atoms with Crippen LogP contribution in [0.3, 0.4) is 0 Å². The first-order valence-electron chi connectivity index (χ1n) is 5.76. The highest BCUT2D eigenvalue weighted by atomic mass is 16.5. The minimum Gasteiger partial charge on any atom is -0.465 e. The number of hydrogen-bond acceptors (Lipinski definition) is 4. The molecule has 0 saturated carbocycles. The summed E-state index contributed by atoms with van der Waals surface area (Å²) in [7, 11) is 0. The summed E-state index contributed by atoms with van der Waals surface area (Å²) < 4.78 is 11.2. The smallest absolute Gasteiger partial charge is 0.190 e.